The monoisotopic (exact) mass is 393 g/mol. The first-order valence-electron chi connectivity index (χ1n) is 9.10. The van der Waals surface area contributed by atoms with Gasteiger partial charge in [0, 0.05) is 18.2 Å². The van der Waals surface area contributed by atoms with Crippen molar-refractivity contribution in [3.8, 4) is 17.2 Å². The fourth-order valence-corrected chi connectivity index (χ4v) is 2.94. The molecular weight excluding hydrogens is 370 g/mol. The topological polar surface area (TPSA) is 38.8 Å². The van der Waals surface area contributed by atoms with E-state index in [1.165, 1.54) is 0 Å². The average molecular weight is 394 g/mol. The van der Waals surface area contributed by atoms with Crippen LogP contribution in [0.5, 0.6) is 17.2 Å². The van der Waals surface area contributed by atoms with Crippen molar-refractivity contribution in [2.75, 3.05) is 17.3 Å². The number of nitrogens with zero attached hydrogens (tertiary/aromatic N) is 1. The summed E-state index contributed by atoms with van der Waals surface area (Å²) in [5.74, 6) is 2.64. The molecule has 0 saturated heterocycles. The smallest absolute Gasteiger partial charge is 0.224 e. The first kappa shape index (κ1) is 19.8. The molecule has 0 fully saturated rings. The zero-order valence-corrected chi connectivity index (χ0v) is 16.6. The van der Waals surface area contributed by atoms with Crippen LogP contribution in [-0.2, 0) is 11.3 Å². The average Bonchev–Trinajstić information content (AvgIpc) is 2.72. The van der Waals surface area contributed by atoms with E-state index in [4.69, 9.17) is 9.47 Å². The summed E-state index contributed by atoms with van der Waals surface area (Å²) in [5.41, 5.74) is 1.64. The van der Waals surface area contributed by atoms with E-state index in [9.17, 15) is 4.79 Å². The molecule has 0 atom stereocenters. The predicted molar refractivity (Wildman–Crippen MR) is 116 cm³/mol. The molecule has 0 spiro atoms. The minimum absolute atomic E-state index is 0.0758. The number of thiol groups is 1. The second-order valence-electron chi connectivity index (χ2n) is 6.17. The van der Waals surface area contributed by atoms with Crippen molar-refractivity contribution < 1.29 is 14.3 Å². The van der Waals surface area contributed by atoms with Gasteiger partial charge in [-0.05, 0) is 30.3 Å². The molecule has 3 aromatic rings. The third-order valence-electron chi connectivity index (χ3n) is 4.16. The van der Waals surface area contributed by atoms with Crippen LogP contribution < -0.4 is 14.4 Å². The third kappa shape index (κ3) is 5.08. The number of para-hydroxylation sites is 4. The highest BCUT2D eigenvalue weighted by Gasteiger charge is 2.19. The second kappa shape index (κ2) is 9.85. The van der Waals surface area contributed by atoms with Crippen LogP contribution in [0.4, 0.5) is 5.69 Å². The SMILES string of the molecule is CC(=O)N(Cc1ccccc1OCCS)c1ccccc1Oc1ccccc1. The number of carbonyl (C=O) groups is 1. The summed E-state index contributed by atoms with van der Waals surface area (Å²) in [6, 6.07) is 24.8. The molecule has 3 aromatic carbocycles. The molecule has 0 radical (unpaired) electrons. The van der Waals surface area contributed by atoms with Crippen molar-refractivity contribution >= 4 is 24.2 Å². The van der Waals surface area contributed by atoms with Gasteiger partial charge in [-0.3, -0.25) is 4.79 Å². The highest BCUT2D eigenvalue weighted by molar-refractivity contribution is 7.80. The molecule has 0 unspecified atom stereocenters. The molecule has 0 aliphatic rings. The molecule has 0 heterocycles. The molecule has 3 rings (SSSR count). The Morgan fingerprint density at radius 3 is 2.25 bits per heavy atom. The number of ether oxygens (including phenoxy) is 2. The molecule has 0 aromatic heterocycles. The Kier molecular flexibility index (Phi) is 6.98. The Bertz CT molecular complexity index is 914. The van der Waals surface area contributed by atoms with Gasteiger partial charge in [0.05, 0.1) is 18.8 Å². The number of carbonyl (C=O) groups excluding carboxylic acids is 1. The van der Waals surface area contributed by atoms with Crippen molar-refractivity contribution in [1.82, 2.24) is 0 Å². The van der Waals surface area contributed by atoms with E-state index in [2.05, 4.69) is 12.6 Å². The van der Waals surface area contributed by atoms with Gasteiger partial charge in [0.25, 0.3) is 0 Å². The highest BCUT2D eigenvalue weighted by atomic mass is 32.1. The van der Waals surface area contributed by atoms with Crippen LogP contribution in [0.15, 0.2) is 78.9 Å². The summed E-state index contributed by atoms with van der Waals surface area (Å²) in [7, 11) is 0. The van der Waals surface area contributed by atoms with Crippen molar-refractivity contribution in [2.45, 2.75) is 13.5 Å². The van der Waals surface area contributed by atoms with Gasteiger partial charge in [0.2, 0.25) is 5.91 Å². The summed E-state index contributed by atoms with van der Waals surface area (Å²) >= 11 is 4.20. The molecule has 28 heavy (non-hydrogen) atoms. The van der Waals surface area contributed by atoms with Crippen LogP contribution in [0.25, 0.3) is 0 Å². The minimum atomic E-state index is -0.0758. The van der Waals surface area contributed by atoms with Gasteiger partial charge in [-0.15, -0.1) is 0 Å². The Labute approximate surface area is 171 Å². The first-order chi connectivity index (χ1) is 13.7. The lowest BCUT2D eigenvalue weighted by Gasteiger charge is -2.25. The van der Waals surface area contributed by atoms with Crippen molar-refractivity contribution in [3.63, 3.8) is 0 Å². The molecule has 144 valence electrons. The van der Waals surface area contributed by atoms with Gasteiger partial charge in [-0.1, -0.05) is 48.5 Å². The van der Waals surface area contributed by atoms with E-state index in [1.807, 2.05) is 78.9 Å². The molecule has 0 aliphatic carbocycles. The predicted octanol–water partition coefficient (Wildman–Crippen LogP) is 5.34. The van der Waals surface area contributed by atoms with Gasteiger partial charge in [0.1, 0.15) is 11.5 Å². The number of amides is 1. The summed E-state index contributed by atoms with van der Waals surface area (Å²) in [4.78, 5) is 14.2. The molecular formula is C23H23NO3S. The van der Waals surface area contributed by atoms with Crippen LogP contribution >= 0.6 is 12.6 Å². The number of rotatable bonds is 8. The lowest BCUT2D eigenvalue weighted by molar-refractivity contribution is -0.116. The van der Waals surface area contributed by atoms with Crippen molar-refractivity contribution in [2.24, 2.45) is 0 Å². The Hall–Kier alpha value is -2.92. The number of benzene rings is 3. The van der Waals surface area contributed by atoms with E-state index >= 15 is 0 Å². The molecule has 0 N–H and O–H groups in total. The van der Waals surface area contributed by atoms with Crippen molar-refractivity contribution in [3.05, 3.63) is 84.4 Å². The maximum absolute atomic E-state index is 12.5. The van der Waals surface area contributed by atoms with Gasteiger partial charge in [-0.2, -0.15) is 12.6 Å². The van der Waals surface area contributed by atoms with E-state index in [-0.39, 0.29) is 5.91 Å². The molecule has 5 heteroatoms. The standard InChI is InChI=1S/C23H23NO3S/c1-18(25)24(17-19-9-5-7-13-22(19)26-15-16-28)21-12-6-8-14-23(21)27-20-10-3-2-4-11-20/h2-14,28H,15-17H2,1H3. The van der Waals surface area contributed by atoms with E-state index in [1.54, 1.807) is 11.8 Å². The van der Waals surface area contributed by atoms with Crippen molar-refractivity contribution in [1.29, 1.82) is 0 Å². The van der Waals surface area contributed by atoms with E-state index in [0.29, 0.717) is 30.3 Å². The molecule has 0 bridgehead atoms. The maximum Gasteiger partial charge on any atom is 0.224 e. The highest BCUT2D eigenvalue weighted by Crippen LogP contribution is 2.34. The molecule has 0 saturated carbocycles. The maximum atomic E-state index is 12.5. The van der Waals surface area contributed by atoms with Gasteiger partial charge < -0.3 is 14.4 Å². The van der Waals surface area contributed by atoms with Gasteiger partial charge in [-0.25, -0.2) is 0 Å². The minimum Gasteiger partial charge on any atom is -0.492 e. The summed E-state index contributed by atoms with van der Waals surface area (Å²) < 4.78 is 11.8. The van der Waals surface area contributed by atoms with E-state index < -0.39 is 0 Å². The van der Waals surface area contributed by atoms with Gasteiger partial charge in [0.15, 0.2) is 5.75 Å². The quantitative estimate of drug-likeness (QED) is 0.525. The van der Waals surface area contributed by atoms with Crippen LogP contribution in [-0.4, -0.2) is 18.3 Å². The summed E-state index contributed by atoms with van der Waals surface area (Å²) in [5, 5.41) is 0. The number of hydrogen-bond acceptors (Lipinski definition) is 4. The van der Waals surface area contributed by atoms with E-state index in [0.717, 1.165) is 17.1 Å². The second-order valence-corrected chi connectivity index (χ2v) is 6.62. The summed E-state index contributed by atoms with van der Waals surface area (Å²) in [6.45, 7) is 2.44. The number of hydrogen-bond donors (Lipinski definition) is 1. The van der Waals surface area contributed by atoms with Crippen LogP contribution in [0.2, 0.25) is 0 Å². The number of anilines is 1. The van der Waals surface area contributed by atoms with Gasteiger partial charge >= 0.3 is 0 Å². The van der Waals surface area contributed by atoms with Crippen LogP contribution in [0.1, 0.15) is 12.5 Å². The fourth-order valence-electron chi connectivity index (χ4n) is 2.85. The summed E-state index contributed by atoms with van der Waals surface area (Å²) in [6.07, 6.45) is 0. The largest absolute Gasteiger partial charge is 0.492 e. The molecule has 1 amide bonds. The third-order valence-corrected chi connectivity index (χ3v) is 4.34. The Morgan fingerprint density at radius 2 is 1.54 bits per heavy atom. The normalized spacial score (nSPS) is 10.4. The lowest BCUT2D eigenvalue weighted by Crippen LogP contribution is -2.28. The first-order valence-corrected chi connectivity index (χ1v) is 9.74. The Morgan fingerprint density at radius 1 is 0.893 bits per heavy atom. The fraction of sp³-hybridized carbons (Fsp3) is 0.174. The zero-order chi connectivity index (χ0) is 19.8. The molecule has 0 aliphatic heterocycles. The zero-order valence-electron chi connectivity index (χ0n) is 15.7. The Balaban J connectivity index is 1.91. The van der Waals surface area contributed by atoms with Crippen LogP contribution in [0, 0.1) is 0 Å². The lowest BCUT2D eigenvalue weighted by atomic mass is 10.1. The van der Waals surface area contributed by atoms with Crippen LogP contribution in [0.3, 0.4) is 0 Å². The molecule has 4 nitrogen and oxygen atoms in total.